The highest BCUT2D eigenvalue weighted by atomic mass is 19.3. The Kier molecular flexibility index (Phi) is 5.05. The second-order valence-corrected chi connectivity index (χ2v) is 4.44. The van der Waals surface area contributed by atoms with E-state index >= 15 is 0 Å². The normalized spacial score (nSPS) is 10.8. The third-order valence-corrected chi connectivity index (χ3v) is 3.10. The van der Waals surface area contributed by atoms with E-state index in [-0.39, 0.29) is 18.3 Å². The second-order valence-electron chi connectivity index (χ2n) is 4.44. The molecule has 0 aliphatic rings. The van der Waals surface area contributed by atoms with Crippen LogP contribution in [0.4, 0.5) is 14.5 Å². The Morgan fingerprint density at radius 1 is 1.41 bits per heavy atom. The summed E-state index contributed by atoms with van der Waals surface area (Å²) in [6.45, 7) is -2.47. The Morgan fingerprint density at radius 3 is 2.68 bits per heavy atom. The van der Waals surface area contributed by atoms with E-state index in [1.807, 2.05) is 0 Å². The fraction of sp³-hybridized carbons (Fsp3) is 0.286. The van der Waals surface area contributed by atoms with Gasteiger partial charge in [-0.2, -0.15) is 8.78 Å². The number of halogens is 2. The van der Waals surface area contributed by atoms with Crippen molar-refractivity contribution in [3.8, 4) is 0 Å². The molecule has 1 aromatic carbocycles. The molecule has 22 heavy (non-hydrogen) atoms. The molecule has 118 valence electrons. The molecule has 0 atom stereocenters. The first-order chi connectivity index (χ1) is 10.5. The zero-order chi connectivity index (χ0) is 16.1. The van der Waals surface area contributed by atoms with Gasteiger partial charge in [0.25, 0.3) is 5.91 Å². The van der Waals surface area contributed by atoms with Crippen molar-refractivity contribution in [3.63, 3.8) is 0 Å². The molecule has 0 saturated carbocycles. The number of amides is 1. The molecule has 0 spiro atoms. The van der Waals surface area contributed by atoms with Gasteiger partial charge in [-0.05, 0) is 24.3 Å². The van der Waals surface area contributed by atoms with Crippen molar-refractivity contribution in [3.05, 3.63) is 48.0 Å². The molecule has 0 fully saturated rings. The Labute approximate surface area is 126 Å². The summed E-state index contributed by atoms with van der Waals surface area (Å²) in [6, 6.07) is 6.62. The molecule has 1 amide bonds. The quantitative estimate of drug-likeness (QED) is 0.833. The van der Waals surface area contributed by atoms with E-state index in [9.17, 15) is 13.6 Å². The Bertz CT molecular complexity index is 628. The summed E-state index contributed by atoms with van der Waals surface area (Å²) in [7, 11) is 2.91. The number of anilines is 1. The van der Waals surface area contributed by atoms with Crippen LogP contribution in [-0.4, -0.2) is 34.7 Å². The lowest BCUT2D eigenvalue weighted by Crippen LogP contribution is -2.25. The van der Waals surface area contributed by atoms with Crippen LogP contribution in [0.2, 0.25) is 0 Å². The first kappa shape index (κ1) is 15.9. The van der Waals surface area contributed by atoms with Gasteiger partial charge in [0.2, 0.25) is 0 Å². The van der Waals surface area contributed by atoms with Crippen LogP contribution >= 0.6 is 0 Å². The summed E-state index contributed by atoms with van der Waals surface area (Å²) >= 11 is 0. The Hall–Kier alpha value is -2.48. The van der Waals surface area contributed by atoms with Crippen LogP contribution in [0.25, 0.3) is 0 Å². The first-order valence-corrected chi connectivity index (χ1v) is 6.49. The molecule has 8 heteroatoms. The predicted molar refractivity (Wildman–Crippen MR) is 76.4 cm³/mol. The summed E-state index contributed by atoms with van der Waals surface area (Å²) in [5.74, 6) is -0.0448. The molecule has 1 aromatic heterocycles. The third kappa shape index (κ3) is 3.59. The molecule has 0 bridgehead atoms. The number of alkyl halides is 2. The van der Waals surface area contributed by atoms with Gasteiger partial charge in [-0.3, -0.25) is 14.2 Å². The van der Waals surface area contributed by atoms with Crippen LogP contribution < -0.4 is 5.32 Å². The number of aromatic nitrogens is 2. The molecular weight excluding hydrogens is 294 g/mol. The van der Waals surface area contributed by atoms with Gasteiger partial charge in [0, 0.05) is 30.7 Å². The molecule has 0 unspecified atom stereocenters. The minimum atomic E-state index is -2.62. The van der Waals surface area contributed by atoms with Crippen molar-refractivity contribution >= 4 is 11.6 Å². The lowest BCUT2D eigenvalue weighted by molar-refractivity contribution is -0.0756. The molecule has 1 heterocycles. The van der Waals surface area contributed by atoms with E-state index in [4.69, 9.17) is 4.84 Å². The van der Waals surface area contributed by atoms with Crippen molar-refractivity contribution in [1.29, 1.82) is 0 Å². The topological polar surface area (TPSA) is 59.4 Å². The number of carbonyl (C=O) groups is 1. The van der Waals surface area contributed by atoms with Crippen molar-refractivity contribution in [2.75, 3.05) is 19.5 Å². The van der Waals surface area contributed by atoms with Crippen molar-refractivity contribution in [2.45, 2.75) is 13.1 Å². The lowest BCUT2D eigenvalue weighted by Gasteiger charge is -2.14. The largest absolute Gasteiger partial charge is 0.378 e. The van der Waals surface area contributed by atoms with Crippen LogP contribution in [0.1, 0.15) is 22.7 Å². The molecule has 1 N–H and O–H groups in total. The van der Waals surface area contributed by atoms with Gasteiger partial charge in [-0.25, -0.2) is 10.0 Å². The van der Waals surface area contributed by atoms with E-state index < -0.39 is 6.55 Å². The van der Waals surface area contributed by atoms with Crippen molar-refractivity contribution < 1.29 is 18.4 Å². The summed E-state index contributed by atoms with van der Waals surface area (Å²) < 4.78 is 26.1. The maximum Gasteiger partial charge on any atom is 0.319 e. The minimum absolute atomic E-state index is 0.155. The number of hydrogen-bond acceptors (Lipinski definition) is 4. The lowest BCUT2D eigenvalue weighted by atomic mass is 10.2. The second kappa shape index (κ2) is 6.99. The van der Waals surface area contributed by atoms with Gasteiger partial charge in [-0.1, -0.05) is 0 Å². The van der Waals surface area contributed by atoms with Crippen LogP contribution in [0.5, 0.6) is 0 Å². The SMILES string of the molecule is CON(C)C(=O)c1ccc(NCc2nccn2C(F)F)cc1. The standard InChI is InChI=1S/C14H16F2N4O2/c1-19(22-2)13(21)10-3-5-11(6-4-10)18-9-12-17-7-8-20(12)14(15)16/h3-8,14,18H,9H2,1-2H3. The number of benzene rings is 1. The highest BCUT2D eigenvalue weighted by Gasteiger charge is 2.12. The van der Waals surface area contributed by atoms with Crippen LogP contribution in [0.3, 0.4) is 0 Å². The number of hydrogen-bond donors (Lipinski definition) is 1. The zero-order valence-electron chi connectivity index (χ0n) is 12.2. The highest BCUT2D eigenvalue weighted by Crippen LogP contribution is 2.15. The average molecular weight is 310 g/mol. The Balaban J connectivity index is 2.00. The van der Waals surface area contributed by atoms with Gasteiger partial charge in [0.05, 0.1) is 13.7 Å². The van der Waals surface area contributed by atoms with Gasteiger partial charge in [-0.15, -0.1) is 0 Å². The molecule has 2 aromatic rings. The molecule has 0 aliphatic heterocycles. The van der Waals surface area contributed by atoms with E-state index in [2.05, 4.69) is 10.3 Å². The maximum atomic E-state index is 12.7. The van der Waals surface area contributed by atoms with Gasteiger partial charge < -0.3 is 5.32 Å². The molecule has 0 radical (unpaired) electrons. The van der Waals surface area contributed by atoms with Gasteiger partial charge in [0.1, 0.15) is 5.82 Å². The van der Waals surface area contributed by atoms with Gasteiger partial charge in [0.15, 0.2) is 0 Å². The summed E-state index contributed by atoms with van der Waals surface area (Å²) in [5, 5.41) is 4.09. The number of imidazole rings is 1. The maximum absolute atomic E-state index is 12.7. The fourth-order valence-electron chi connectivity index (χ4n) is 1.84. The average Bonchev–Trinajstić information content (AvgIpc) is 3.00. The molecule has 2 rings (SSSR count). The van der Waals surface area contributed by atoms with E-state index in [0.29, 0.717) is 11.3 Å². The first-order valence-electron chi connectivity index (χ1n) is 6.49. The number of hydroxylamine groups is 2. The molecule has 6 nitrogen and oxygen atoms in total. The summed E-state index contributed by atoms with van der Waals surface area (Å²) in [4.78, 5) is 20.5. The van der Waals surface area contributed by atoms with E-state index in [1.165, 1.54) is 26.6 Å². The summed E-state index contributed by atoms with van der Waals surface area (Å²) in [6.07, 6.45) is 2.55. The fourth-order valence-corrected chi connectivity index (χ4v) is 1.84. The van der Waals surface area contributed by atoms with E-state index in [1.54, 1.807) is 24.3 Å². The summed E-state index contributed by atoms with van der Waals surface area (Å²) in [5.41, 5.74) is 1.16. The van der Waals surface area contributed by atoms with E-state index in [0.717, 1.165) is 9.63 Å². The van der Waals surface area contributed by atoms with Gasteiger partial charge >= 0.3 is 6.55 Å². The Morgan fingerprint density at radius 2 is 2.09 bits per heavy atom. The molecule has 0 saturated heterocycles. The monoisotopic (exact) mass is 310 g/mol. The number of nitrogens with one attached hydrogen (secondary N) is 1. The van der Waals surface area contributed by atoms with Crippen molar-refractivity contribution in [2.24, 2.45) is 0 Å². The molecular formula is C14H16F2N4O2. The van der Waals surface area contributed by atoms with Crippen LogP contribution in [0, 0.1) is 0 Å². The van der Waals surface area contributed by atoms with Crippen molar-refractivity contribution in [1.82, 2.24) is 14.6 Å². The number of nitrogens with zero attached hydrogens (tertiary/aromatic N) is 3. The number of rotatable bonds is 6. The highest BCUT2D eigenvalue weighted by molar-refractivity contribution is 5.93. The zero-order valence-corrected chi connectivity index (χ0v) is 12.2. The van der Waals surface area contributed by atoms with Crippen LogP contribution in [0.15, 0.2) is 36.7 Å². The molecule has 0 aliphatic carbocycles. The van der Waals surface area contributed by atoms with Crippen LogP contribution in [-0.2, 0) is 11.4 Å². The smallest absolute Gasteiger partial charge is 0.319 e. The number of carbonyl (C=O) groups excluding carboxylic acids is 1. The minimum Gasteiger partial charge on any atom is -0.378 e. The predicted octanol–water partition coefficient (Wildman–Crippen LogP) is 2.52. The third-order valence-electron chi connectivity index (χ3n) is 3.10.